The molecule has 0 spiro atoms. The maximum Gasteiger partial charge on any atom is 0.226 e. The summed E-state index contributed by atoms with van der Waals surface area (Å²) >= 11 is 0. The van der Waals surface area contributed by atoms with Gasteiger partial charge in [0.25, 0.3) is 0 Å². The molecule has 0 aromatic heterocycles. The van der Waals surface area contributed by atoms with E-state index in [1.54, 1.807) is 0 Å². The average molecular weight is 269 g/mol. The van der Waals surface area contributed by atoms with E-state index in [4.69, 9.17) is 4.74 Å². The normalized spacial score (nSPS) is 22.6. The number of aliphatic hydroxyl groups excluding tert-OH is 2. The van der Waals surface area contributed by atoms with Crippen molar-refractivity contribution in [1.82, 2.24) is 4.90 Å². The number of β-amino-alcohol motifs (C(OH)–C–C–N with tert-alkyl or cyclic N) is 2. The zero-order chi connectivity index (χ0) is 13.8. The van der Waals surface area contributed by atoms with Crippen molar-refractivity contribution in [2.24, 2.45) is 0 Å². The minimum Gasteiger partial charge on any atom is -0.493 e. The lowest BCUT2D eigenvalue weighted by molar-refractivity contribution is -0.131. The van der Waals surface area contributed by atoms with Gasteiger partial charge in [-0.2, -0.15) is 0 Å². The van der Waals surface area contributed by atoms with E-state index in [1.165, 1.54) is 29.2 Å². The first-order valence-corrected chi connectivity index (χ1v) is 6.08. The second-order valence-electron chi connectivity index (χ2n) is 4.49. The third-order valence-corrected chi connectivity index (χ3v) is 3.01. The summed E-state index contributed by atoms with van der Waals surface area (Å²) in [5, 5.41) is 18.7. The number of ether oxygens (including phenoxy) is 1. The number of likely N-dealkylation sites (tertiary alicyclic amines) is 1. The molecule has 1 saturated heterocycles. The smallest absolute Gasteiger partial charge is 0.226 e. The molecule has 0 unspecified atom stereocenters. The Bertz CT molecular complexity index is 427. The summed E-state index contributed by atoms with van der Waals surface area (Å²) in [6, 6.07) is 5.54. The molecule has 1 aliphatic rings. The van der Waals surface area contributed by atoms with Gasteiger partial charge < -0.3 is 19.8 Å². The van der Waals surface area contributed by atoms with E-state index in [0.717, 1.165) is 0 Å². The molecule has 104 valence electrons. The van der Waals surface area contributed by atoms with Gasteiger partial charge in [-0.25, -0.2) is 4.39 Å². The average Bonchev–Trinajstić information content (AvgIpc) is 2.72. The highest BCUT2D eigenvalue weighted by molar-refractivity contribution is 5.76. The summed E-state index contributed by atoms with van der Waals surface area (Å²) < 4.78 is 18.0. The molecule has 6 heteroatoms. The molecule has 1 amide bonds. The molecule has 0 aliphatic carbocycles. The number of hydrogen-bond donors (Lipinski definition) is 2. The van der Waals surface area contributed by atoms with E-state index in [1.807, 2.05) is 0 Å². The number of aliphatic hydroxyl groups is 2. The Labute approximate surface area is 110 Å². The number of rotatable bonds is 4. The van der Waals surface area contributed by atoms with Gasteiger partial charge in [-0.15, -0.1) is 0 Å². The molecule has 1 heterocycles. The molecule has 2 N–H and O–H groups in total. The molecule has 2 atom stereocenters. The number of hydrogen-bond acceptors (Lipinski definition) is 4. The lowest BCUT2D eigenvalue weighted by Gasteiger charge is -2.15. The molecule has 0 radical (unpaired) electrons. The Hall–Kier alpha value is -1.66. The molecule has 1 aromatic carbocycles. The fourth-order valence-electron chi connectivity index (χ4n) is 1.92. The topological polar surface area (TPSA) is 70.0 Å². The monoisotopic (exact) mass is 269 g/mol. The maximum atomic E-state index is 12.7. The van der Waals surface area contributed by atoms with Gasteiger partial charge >= 0.3 is 0 Å². The summed E-state index contributed by atoms with van der Waals surface area (Å²) in [6.07, 6.45) is -1.60. The van der Waals surface area contributed by atoms with Gasteiger partial charge in [0, 0.05) is 13.1 Å². The van der Waals surface area contributed by atoms with Crippen LogP contribution in [-0.2, 0) is 4.79 Å². The van der Waals surface area contributed by atoms with E-state index < -0.39 is 12.2 Å². The van der Waals surface area contributed by atoms with Crippen LogP contribution in [0.25, 0.3) is 0 Å². The molecular weight excluding hydrogens is 253 g/mol. The molecule has 19 heavy (non-hydrogen) atoms. The van der Waals surface area contributed by atoms with Gasteiger partial charge in [0.2, 0.25) is 5.91 Å². The van der Waals surface area contributed by atoms with Crippen LogP contribution in [0.15, 0.2) is 24.3 Å². The maximum absolute atomic E-state index is 12.7. The van der Waals surface area contributed by atoms with Crippen LogP contribution in [0.4, 0.5) is 4.39 Å². The molecule has 1 fully saturated rings. The quantitative estimate of drug-likeness (QED) is 0.817. The van der Waals surface area contributed by atoms with Crippen molar-refractivity contribution >= 4 is 5.91 Å². The molecule has 1 aliphatic heterocycles. The van der Waals surface area contributed by atoms with Crippen molar-refractivity contribution in [2.75, 3.05) is 19.7 Å². The summed E-state index contributed by atoms with van der Waals surface area (Å²) in [5.74, 6) is -0.0307. The summed E-state index contributed by atoms with van der Waals surface area (Å²) in [4.78, 5) is 13.2. The fourth-order valence-corrected chi connectivity index (χ4v) is 1.92. The highest BCUT2D eigenvalue weighted by atomic mass is 19.1. The van der Waals surface area contributed by atoms with Crippen molar-refractivity contribution in [3.8, 4) is 5.75 Å². The number of carbonyl (C=O) groups is 1. The molecular formula is C13H16FNO4. The summed E-state index contributed by atoms with van der Waals surface area (Å²) in [6.45, 7) is 0.472. The van der Waals surface area contributed by atoms with Crippen LogP contribution < -0.4 is 4.74 Å². The molecule has 1 aromatic rings. The number of carbonyl (C=O) groups excluding carboxylic acids is 1. The SMILES string of the molecule is O=C(CCOc1ccc(F)cc1)N1C[C@@H](O)[C@@H](O)C1. The predicted molar refractivity (Wildman–Crippen MR) is 65.1 cm³/mol. The molecule has 0 bridgehead atoms. The van der Waals surface area contributed by atoms with Crippen LogP contribution in [0.3, 0.4) is 0 Å². The summed E-state index contributed by atoms with van der Waals surface area (Å²) in [7, 11) is 0. The van der Waals surface area contributed by atoms with Gasteiger partial charge in [0.15, 0.2) is 0 Å². The Morgan fingerprint density at radius 2 is 1.84 bits per heavy atom. The number of nitrogens with zero attached hydrogens (tertiary/aromatic N) is 1. The molecule has 2 rings (SSSR count). The van der Waals surface area contributed by atoms with Crippen LogP contribution in [0.2, 0.25) is 0 Å². The number of benzene rings is 1. The van der Waals surface area contributed by atoms with Crippen molar-refractivity contribution in [3.05, 3.63) is 30.1 Å². The standard InChI is InChI=1S/C13H16FNO4/c14-9-1-3-10(4-2-9)19-6-5-13(18)15-7-11(16)12(17)8-15/h1-4,11-12,16-17H,5-8H2/t11-,12+. The van der Waals surface area contributed by atoms with Gasteiger partial charge in [0.05, 0.1) is 25.2 Å². The van der Waals surface area contributed by atoms with E-state index >= 15 is 0 Å². The minimum absolute atomic E-state index is 0.149. The Morgan fingerprint density at radius 3 is 2.42 bits per heavy atom. The van der Waals surface area contributed by atoms with Gasteiger partial charge in [-0.05, 0) is 24.3 Å². The van der Waals surface area contributed by atoms with Crippen LogP contribution in [0.5, 0.6) is 5.75 Å². The van der Waals surface area contributed by atoms with E-state index in [9.17, 15) is 19.4 Å². The van der Waals surface area contributed by atoms with Crippen LogP contribution in [0.1, 0.15) is 6.42 Å². The van der Waals surface area contributed by atoms with E-state index in [0.29, 0.717) is 5.75 Å². The highest BCUT2D eigenvalue weighted by Gasteiger charge is 2.32. The second kappa shape index (κ2) is 5.99. The first kappa shape index (κ1) is 13.8. The zero-order valence-electron chi connectivity index (χ0n) is 10.3. The van der Waals surface area contributed by atoms with Crippen molar-refractivity contribution < 1.29 is 24.1 Å². The molecule has 5 nitrogen and oxygen atoms in total. The third-order valence-electron chi connectivity index (χ3n) is 3.01. The van der Waals surface area contributed by atoms with Crippen LogP contribution >= 0.6 is 0 Å². The third kappa shape index (κ3) is 3.65. The highest BCUT2D eigenvalue weighted by Crippen LogP contribution is 2.13. The first-order valence-electron chi connectivity index (χ1n) is 6.08. The molecule has 0 saturated carbocycles. The lowest BCUT2D eigenvalue weighted by Crippen LogP contribution is -2.30. The zero-order valence-corrected chi connectivity index (χ0v) is 10.3. The number of halogens is 1. The van der Waals surface area contributed by atoms with Crippen molar-refractivity contribution in [3.63, 3.8) is 0 Å². The second-order valence-corrected chi connectivity index (χ2v) is 4.49. The van der Waals surface area contributed by atoms with Gasteiger partial charge in [-0.1, -0.05) is 0 Å². The van der Waals surface area contributed by atoms with Crippen LogP contribution in [0, 0.1) is 5.82 Å². The summed E-state index contributed by atoms with van der Waals surface area (Å²) in [5.41, 5.74) is 0. The van der Waals surface area contributed by atoms with Crippen molar-refractivity contribution in [1.29, 1.82) is 0 Å². The van der Waals surface area contributed by atoms with E-state index in [2.05, 4.69) is 0 Å². The van der Waals surface area contributed by atoms with Crippen LogP contribution in [-0.4, -0.2) is 52.9 Å². The largest absolute Gasteiger partial charge is 0.493 e. The van der Waals surface area contributed by atoms with E-state index in [-0.39, 0.29) is 37.8 Å². The van der Waals surface area contributed by atoms with Crippen molar-refractivity contribution in [2.45, 2.75) is 18.6 Å². The first-order chi connectivity index (χ1) is 9.06. The van der Waals surface area contributed by atoms with Gasteiger partial charge in [0.1, 0.15) is 11.6 Å². The van der Waals surface area contributed by atoms with Gasteiger partial charge in [-0.3, -0.25) is 4.79 Å². The predicted octanol–water partition coefficient (Wildman–Crippen LogP) is 0.159. The number of amides is 1. The minimum atomic E-state index is -0.873. The Kier molecular flexibility index (Phi) is 4.34. The Balaban J connectivity index is 1.74. The lowest BCUT2D eigenvalue weighted by atomic mass is 10.3. The fraction of sp³-hybridized carbons (Fsp3) is 0.462. The Morgan fingerprint density at radius 1 is 1.26 bits per heavy atom.